The molecule has 2 unspecified atom stereocenters. The topological polar surface area (TPSA) is 66.4 Å². The van der Waals surface area contributed by atoms with Crippen molar-refractivity contribution >= 4 is 27.8 Å². The second-order valence-corrected chi connectivity index (χ2v) is 6.86. The van der Waals surface area contributed by atoms with Crippen molar-refractivity contribution in [2.75, 3.05) is 0 Å². The van der Waals surface area contributed by atoms with Crippen molar-refractivity contribution in [1.29, 1.82) is 0 Å². The molecule has 5 heteroatoms. The van der Waals surface area contributed by atoms with Crippen molar-refractivity contribution in [1.82, 2.24) is 5.32 Å². The van der Waals surface area contributed by atoms with Gasteiger partial charge in [-0.25, -0.2) is 4.79 Å². The number of nitrogens with one attached hydrogen (secondary N) is 1. The minimum atomic E-state index is -1.09. The second-order valence-electron chi connectivity index (χ2n) is 5.94. The Hall–Kier alpha value is -1.36. The summed E-state index contributed by atoms with van der Waals surface area (Å²) in [4.78, 5) is 23.8. The van der Waals surface area contributed by atoms with Gasteiger partial charge in [0.25, 0.3) is 0 Å². The molecule has 1 aliphatic carbocycles. The number of carboxylic acid groups (broad SMARTS) is 1. The fraction of sp³-hybridized carbons (Fsp3) is 0.500. The number of carboxylic acids is 1. The molecule has 2 rings (SSSR count). The van der Waals surface area contributed by atoms with Gasteiger partial charge in [-0.1, -0.05) is 47.8 Å². The number of rotatable bonds is 4. The lowest BCUT2D eigenvalue weighted by atomic mass is 9.76. The summed E-state index contributed by atoms with van der Waals surface area (Å²) >= 11 is 3.35. The van der Waals surface area contributed by atoms with Crippen molar-refractivity contribution in [3.8, 4) is 0 Å². The number of carbonyl (C=O) groups is 2. The third-order valence-corrected chi connectivity index (χ3v) is 4.59. The van der Waals surface area contributed by atoms with Gasteiger partial charge in [0.2, 0.25) is 5.91 Å². The van der Waals surface area contributed by atoms with Crippen LogP contribution >= 0.6 is 15.9 Å². The van der Waals surface area contributed by atoms with E-state index in [1.165, 1.54) is 0 Å². The molecule has 1 aromatic rings. The molecule has 0 saturated heterocycles. The summed E-state index contributed by atoms with van der Waals surface area (Å²) in [6, 6.07) is 7.47. The van der Waals surface area contributed by atoms with Gasteiger partial charge in [-0.3, -0.25) is 4.79 Å². The van der Waals surface area contributed by atoms with Crippen molar-refractivity contribution < 1.29 is 14.7 Å². The van der Waals surface area contributed by atoms with Crippen LogP contribution in [0.15, 0.2) is 28.7 Å². The first-order valence-electron chi connectivity index (χ1n) is 7.20. The summed E-state index contributed by atoms with van der Waals surface area (Å²) in [5.74, 6) is -0.824. The third-order valence-electron chi connectivity index (χ3n) is 4.06. The van der Waals surface area contributed by atoms with Gasteiger partial charge in [-0.05, 0) is 36.5 Å². The second kappa shape index (κ2) is 6.60. The first-order valence-corrected chi connectivity index (χ1v) is 7.99. The fourth-order valence-electron chi connectivity index (χ4n) is 3.01. The number of hydrogen-bond donors (Lipinski definition) is 2. The molecule has 1 aromatic carbocycles. The first-order chi connectivity index (χ1) is 9.91. The Balaban J connectivity index is 2.05. The van der Waals surface area contributed by atoms with Gasteiger partial charge in [0, 0.05) is 4.47 Å². The molecule has 1 saturated carbocycles. The lowest BCUT2D eigenvalue weighted by Gasteiger charge is -2.37. The van der Waals surface area contributed by atoms with Crippen LogP contribution in [-0.2, 0) is 16.0 Å². The maximum Gasteiger partial charge on any atom is 0.329 e. The Morgan fingerprint density at radius 1 is 1.38 bits per heavy atom. The highest BCUT2D eigenvalue weighted by Gasteiger charge is 2.42. The fourth-order valence-corrected chi connectivity index (χ4v) is 3.28. The molecule has 4 nitrogen and oxygen atoms in total. The number of benzene rings is 1. The smallest absolute Gasteiger partial charge is 0.329 e. The van der Waals surface area contributed by atoms with Crippen LogP contribution in [0.3, 0.4) is 0 Å². The van der Waals surface area contributed by atoms with Gasteiger partial charge in [0.1, 0.15) is 5.54 Å². The predicted molar refractivity (Wildman–Crippen MR) is 84.0 cm³/mol. The highest BCUT2D eigenvalue weighted by molar-refractivity contribution is 9.10. The maximum atomic E-state index is 12.2. The largest absolute Gasteiger partial charge is 0.480 e. The highest BCUT2D eigenvalue weighted by Crippen LogP contribution is 2.32. The Morgan fingerprint density at radius 2 is 2.05 bits per heavy atom. The maximum absolute atomic E-state index is 12.2. The lowest BCUT2D eigenvalue weighted by molar-refractivity contribution is -0.150. The number of hydrogen-bond acceptors (Lipinski definition) is 2. The average Bonchev–Trinajstić information content (AvgIpc) is 2.41. The molecular formula is C16H20BrNO3. The lowest BCUT2D eigenvalue weighted by Crippen LogP contribution is -2.57. The summed E-state index contributed by atoms with van der Waals surface area (Å²) in [5.41, 5.74) is -0.218. The standard InChI is InChI=1S/C16H20BrNO3/c1-11-3-2-8-16(10-11,15(20)21)18-14(19)9-12-4-6-13(17)7-5-12/h4-7,11H,2-3,8-10H2,1H3,(H,18,19)(H,20,21). The molecule has 1 fully saturated rings. The van der Waals surface area contributed by atoms with E-state index in [0.717, 1.165) is 22.9 Å². The summed E-state index contributed by atoms with van der Waals surface area (Å²) in [5, 5.41) is 12.3. The predicted octanol–water partition coefficient (Wildman–Crippen LogP) is 3.14. The highest BCUT2D eigenvalue weighted by atomic mass is 79.9. The zero-order valence-corrected chi connectivity index (χ0v) is 13.6. The van der Waals surface area contributed by atoms with Crippen LogP contribution in [0, 0.1) is 5.92 Å². The molecule has 21 heavy (non-hydrogen) atoms. The summed E-state index contributed by atoms with van der Waals surface area (Å²) in [6.07, 6.45) is 3.09. The van der Waals surface area contributed by atoms with E-state index in [0.29, 0.717) is 18.8 Å². The van der Waals surface area contributed by atoms with Crippen LogP contribution in [0.1, 0.15) is 38.2 Å². The minimum absolute atomic E-state index is 0.205. The van der Waals surface area contributed by atoms with E-state index in [1.807, 2.05) is 31.2 Å². The Kier molecular flexibility index (Phi) is 5.04. The zero-order chi connectivity index (χ0) is 15.5. The van der Waals surface area contributed by atoms with E-state index in [2.05, 4.69) is 21.2 Å². The van der Waals surface area contributed by atoms with E-state index in [9.17, 15) is 14.7 Å². The third kappa shape index (κ3) is 4.06. The first kappa shape index (κ1) is 16.0. The van der Waals surface area contributed by atoms with Gasteiger partial charge in [0.15, 0.2) is 0 Å². The van der Waals surface area contributed by atoms with Crippen LogP contribution in [-0.4, -0.2) is 22.5 Å². The Labute approximate surface area is 133 Å². The Bertz CT molecular complexity index is 529. The van der Waals surface area contributed by atoms with Crippen LogP contribution in [0.2, 0.25) is 0 Å². The van der Waals surface area contributed by atoms with Gasteiger partial charge < -0.3 is 10.4 Å². The number of amides is 1. The summed E-state index contributed by atoms with van der Waals surface area (Å²) in [6.45, 7) is 2.04. The zero-order valence-electron chi connectivity index (χ0n) is 12.1. The van der Waals surface area contributed by atoms with Gasteiger partial charge in [-0.2, -0.15) is 0 Å². The van der Waals surface area contributed by atoms with Crippen LogP contribution in [0.4, 0.5) is 0 Å². The summed E-state index contributed by atoms with van der Waals surface area (Å²) in [7, 11) is 0. The molecule has 0 bridgehead atoms. The van der Waals surface area contributed by atoms with Crippen LogP contribution in [0.5, 0.6) is 0 Å². The molecule has 0 heterocycles. The van der Waals surface area contributed by atoms with Gasteiger partial charge in [-0.15, -0.1) is 0 Å². The normalized spacial score (nSPS) is 25.3. The molecule has 2 atom stereocenters. The molecule has 0 aromatic heterocycles. The van der Waals surface area contributed by atoms with E-state index in [1.54, 1.807) is 0 Å². The Morgan fingerprint density at radius 3 is 2.62 bits per heavy atom. The van der Waals surface area contributed by atoms with Gasteiger partial charge in [0.05, 0.1) is 6.42 Å². The average molecular weight is 354 g/mol. The molecule has 0 radical (unpaired) electrons. The van der Waals surface area contributed by atoms with E-state index < -0.39 is 11.5 Å². The monoisotopic (exact) mass is 353 g/mol. The number of halogens is 1. The van der Waals surface area contributed by atoms with E-state index in [-0.39, 0.29) is 12.3 Å². The van der Waals surface area contributed by atoms with Crippen LogP contribution in [0.25, 0.3) is 0 Å². The molecule has 0 aliphatic heterocycles. The SMILES string of the molecule is CC1CCCC(NC(=O)Cc2ccc(Br)cc2)(C(=O)O)C1. The van der Waals surface area contributed by atoms with Crippen molar-refractivity contribution in [2.24, 2.45) is 5.92 Å². The minimum Gasteiger partial charge on any atom is -0.480 e. The molecule has 1 amide bonds. The number of carbonyl (C=O) groups excluding carboxylic acids is 1. The number of aliphatic carboxylic acids is 1. The summed E-state index contributed by atoms with van der Waals surface area (Å²) < 4.78 is 0.953. The molecule has 1 aliphatic rings. The molecule has 0 spiro atoms. The molecular weight excluding hydrogens is 334 g/mol. The molecule has 114 valence electrons. The van der Waals surface area contributed by atoms with Crippen molar-refractivity contribution in [3.63, 3.8) is 0 Å². The molecule has 2 N–H and O–H groups in total. The van der Waals surface area contributed by atoms with E-state index >= 15 is 0 Å². The van der Waals surface area contributed by atoms with Crippen LogP contribution < -0.4 is 5.32 Å². The van der Waals surface area contributed by atoms with E-state index in [4.69, 9.17) is 0 Å². The van der Waals surface area contributed by atoms with Crippen molar-refractivity contribution in [2.45, 2.75) is 44.6 Å². The van der Waals surface area contributed by atoms with Gasteiger partial charge >= 0.3 is 5.97 Å². The van der Waals surface area contributed by atoms with Crippen molar-refractivity contribution in [3.05, 3.63) is 34.3 Å². The quantitative estimate of drug-likeness (QED) is 0.873.